The maximum atomic E-state index is 6.11. The van der Waals surface area contributed by atoms with E-state index in [1.165, 1.54) is 44.5 Å². The average Bonchev–Trinajstić information content (AvgIpc) is 2.31. The van der Waals surface area contributed by atoms with Crippen molar-refractivity contribution in [1.82, 2.24) is 4.90 Å². The summed E-state index contributed by atoms with van der Waals surface area (Å²) in [6, 6.07) is 0. The van der Waals surface area contributed by atoms with Crippen molar-refractivity contribution in [2.24, 2.45) is 11.7 Å². The quantitative estimate of drug-likeness (QED) is 0.806. The summed E-state index contributed by atoms with van der Waals surface area (Å²) in [5.41, 5.74) is 6.46. The number of rotatable bonds is 2. The summed E-state index contributed by atoms with van der Waals surface area (Å²) in [4.78, 5) is 2.71. The Labute approximate surface area is 104 Å². The number of hydrogen-bond donors (Lipinski definition) is 1. The maximum Gasteiger partial charge on any atom is 0.0332 e. The molecule has 0 radical (unpaired) electrons. The van der Waals surface area contributed by atoms with Gasteiger partial charge in [-0.05, 0) is 31.6 Å². The lowest BCUT2D eigenvalue weighted by atomic mass is 9.76. The van der Waals surface area contributed by atoms with Crippen molar-refractivity contribution in [2.75, 3.05) is 25.4 Å². The van der Waals surface area contributed by atoms with Crippen molar-refractivity contribution >= 4 is 11.8 Å². The van der Waals surface area contributed by atoms with Gasteiger partial charge >= 0.3 is 0 Å². The summed E-state index contributed by atoms with van der Waals surface area (Å²) in [6.07, 6.45) is 5.38. The van der Waals surface area contributed by atoms with Gasteiger partial charge in [0.1, 0.15) is 0 Å². The second kappa shape index (κ2) is 5.28. The third kappa shape index (κ3) is 2.57. The molecule has 1 heterocycles. The number of hydrogen-bond acceptors (Lipinski definition) is 3. The molecule has 16 heavy (non-hydrogen) atoms. The molecule has 2 fully saturated rings. The molecule has 2 aliphatic rings. The first kappa shape index (κ1) is 12.7. The van der Waals surface area contributed by atoms with E-state index in [1.807, 2.05) is 0 Å². The van der Waals surface area contributed by atoms with E-state index in [9.17, 15) is 0 Å². The van der Waals surface area contributed by atoms with Crippen molar-refractivity contribution in [3.8, 4) is 0 Å². The summed E-state index contributed by atoms with van der Waals surface area (Å²) >= 11 is 2.11. The first-order valence-corrected chi connectivity index (χ1v) is 7.78. The Morgan fingerprint density at radius 2 is 2.00 bits per heavy atom. The summed E-state index contributed by atoms with van der Waals surface area (Å²) in [5, 5.41) is 0.788. The molecule has 1 saturated heterocycles. The minimum Gasteiger partial charge on any atom is -0.329 e. The molecule has 94 valence electrons. The van der Waals surface area contributed by atoms with E-state index in [2.05, 4.69) is 30.5 Å². The molecule has 3 heteroatoms. The van der Waals surface area contributed by atoms with E-state index in [-0.39, 0.29) is 0 Å². The van der Waals surface area contributed by atoms with Gasteiger partial charge in [0.05, 0.1) is 0 Å². The molecule has 0 spiro atoms. The van der Waals surface area contributed by atoms with Crippen molar-refractivity contribution in [1.29, 1.82) is 0 Å². The van der Waals surface area contributed by atoms with Gasteiger partial charge in [-0.1, -0.05) is 13.8 Å². The van der Waals surface area contributed by atoms with Crippen molar-refractivity contribution in [2.45, 2.75) is 50.3 Å². The van der Waals surface area contributed by atoms with Crippen LogP contribution in [-0.4, -0.2) is 41.1 Å². The largest absolute Gasteiger partial charge is 0.329 e. The minimum atomic E-state index is 0.349. The van der Waals surface area contributed by atoms with Gasteiger partial charge in [0, 0.05) is 36.2 Å². The number of nitrogens with zero attached hydrogens (tertiary/aromatic N) is 1. The van der Waals surface area contributed by atoms with E-state index in [1.54, 1.807) is 0 Å². The molecule has 0 aromatic carbocycles. The van der Waals surface area contributed by atoms with Crippen LogP contribution in [0.25, 0.3) is 0 Å². The lowest BCUT2D eigenvalue weighted by Gasteiger charge is -2.49. The molecule has 0 aromatic heterocycles. The Balaban J connectivity index is 2.02. The van der Waals surface area contributed by atoms with Gasteiger partial charge in [-0.25, -0.2) is 0 Å². The van der Waals surface area contributed by atoms with Crippen LogP contribution in [0.1, 0.15) is 39.5 Å². The van der Waals surface area contributed by atoms with Gasteiger partial charge in [-0.15, -0.1) is 0 Å². The highest BCUT2D eigenvalue weighted by molar-refractivity contribution is 7.99. The van der Waals surface area contributed by atoms with Gasteiger partial charge in [0.25, 0.3) is 0 Å². The molecular weight excluding hydrogens is 216 g/mol. The standard InChI is InChI=1S/C13H26N2S/c1-11-3-5-13(10-14,6-4-11)15-7-8-16-12(2)9-15/h11-12H,3-10,14H2,1-2H3. The van der Waals surface area contributed by atoms with E-state index >= 15 is 0 Å². The molecule has 0 aromatic rings. The molecule has 2 rings (SSSR count). The van der Waals surface area contributed by atoms with Crippen LogP contribution in [0.4, 0.5) is 0 Å². The predicted octanol–water partition coefficient (Wildman–Crippen LogP) is 2.33. The molecule has 1 aliphatic heterocycles. The average molecular weight is 242 g/mol. The van der Waals surface area contributed by atoms with E-state index in [0.717, 1.165) is 17.7 Å². The summed E-state index contributed by atoms with van der Waals surface area (Å²) in [5.74, 6) is 2.20. The van der Waals surface area contributed by atoms with Gasteiger partial charge in [0.15, 0.2) is 0 Å². The van der Waals surface area contributed by atoms with Crippen molar-refractivity contribution < 1.29 is 0 Å². The van der Waals surface area contributed by atoms with Crippen molar-refractivity contribution in [3.63, 3.8) is 0 Å². The SMILES string of the molecule is CC1CCC(CN)(N2CCSC(C)C2)CC1. The lowest BCUT2D eigenvalue weighted by Crippen LogP contribution is -2.59. The molecular formula is C13H26N2S. The highest BCUT2D eigenvalue weighted by Crippen LogP contribution is 2.37. The molecule has 1 atom stereocenters. The zero-order valence-electron chi connectivity index (χ0n) is 10.7. The highest BCUT2D eigenvalue weighted by atomic mass is 32.2. The zero-order valence-corrected chi connectivity index (χ0v) is 11.6. The van der Waals surface area contributed by atoms with Gasteiger partial charge in [-0.2, -0.15) is 11.8 Å². The normalized spacial score (nSPS) is 42.2. The highest BCUT2D eigenvalue weighted by Gasteiger charge is 2.39. The fourth-order valence-electron chi connectivity index (χ4n) is 3.20. The second-order valence-corrected chi connectivity index (χ2v) is 7.28. The molecule has 1 saturated carbocycles. The zero-order chi connectivity index (χ0) is 11.6. The van der Waals surface area contributed by atoms with Crippen LogP contribution >= 0.6 is 11.8 Å². The fraction of sp³-hybridized carbons (Fsp3) is 1.00. The van der Waals surface area contributed by atoms with Crippen LogP contribution in [-0.2, 0) is 0 Å². The van der Waals surface area contributed by atoms with Crippen LogP contribution in [0, 0.1) is 5.92 Å². The lowest BCUT2D eigenvalue weighted by molar-refractivity contribution is 0.0485. The van der Waals surface area contributed by atoms with Crippen LogP contribution in [0.3, 0.4) is 0 Å². The van der Waals surface area contributed by atoms with Crippen molar-refractivity contribution in [3.05, 3.63) is 0 Å². The molecule has 2 N–H and O–H groups in total. The summed E-state index contributed by atoms with van der Waals surface area (Å²) in [7, 11) is 0. The third-order valence-electron chi connectivity index (χ3n) is 4.50. The molecule has 2 nitrogen and oxygen atoms in total. The van der Waals surface area contributed by atoms with Crippen LogP contribution in [0.15, 0.2) is 0 Å². The minimum absolute atomic E-state index is 0.349. The van der Waals surface area contributed by atoms with E-state index in [0.29, 0.717) is 5.54 Å². The van der Waals surface area contributed by atoms with Gasteiger partial charge in [0.2, 0.25) is 0 Å². The van der Waals surface area contributed by atoms with E-state index in [4.69, 9.17) is 5.73 Å². The Kier molecular flexibility index (Phi) is 4.20. The molecule has 1 unspecified atom stereocenters. The molecule has 0 amide bonds. The summed E-state index contributed by atoms with van der Waals surface area (Å²) in [6.45, 7) is 8.09. The Bertz CT molecular complexity index is 224. The Hall–Kier alpha value is 0.270. The van der Waals surface area contributed by atoms with Crippen LogP contribution < -0.4 is 5.73 Å². The van der Waals surface area contributed by atoms with Crippen LogP contribution in [0.2, 0.25) is 0 Å². The number of thioether (sulfide) groups is 1. The Morgan fingerprint density at radius 3 is 2.56 bits per heavy atom. The smallest absolute Gasteiger partial charge is 0.0332 e. The Morgan fingerprint density at radius 1 is 1.31 bits per heavy atom. The maximum absolute atomic E-state index is 6.11. The fourth-order valence-corrected chi connectivity index (χ4v) is 4.21. The third-order valence-corrected chi connectivity index (χ3v) is 5.63. The summed E-state index contributed by atoms with van der Waals surface area (Å²) < 4.78 is 0. The topological polar surface area (TPSA) is 29.3 Å². The predicted molar refractivity (Wildman–Crippen MR) is 72.9 cm³/mol. The second-order valence-electron chi connectivity index (χ2n) is 5.74. The first-order chi connectivity index (χ1) is 7.66. The van der Waals surface area contributed by atoms with Gasteiger partial charge < -0.3 is 5.73 Å². The van der Waals surface area contributed by atoms with Crippen LogP contribution in [0.5, 0.6) is 0 Å². The first-order valence-electron chi connectivity index (χ1n) is 6.73. The van der Waals surface area contributed by atoms with E-state index < -0.39 is 0 Å². The number of nitrogens with two attached hydrogens (primary N) is 1. The monoisotopic (exact) mass is 242 g/mol. The van der Waals surface area contributed by atoms with Gasteiger partial charge in [-0.3, -0.25) is 4.90 Å². The molecule has 1 aliphatic carbocycles. The molecule has 0 bridgehead atoms.